The van der Waals surface area contributed by atoms with Crippen molar-refractivity contribution in [2.24, 2.45) is 22.7 Å². The van der Waals surface area contributed by atoms with Crippen LogP contribution in [0, 0.1) is 22.7 Å². The van der Waals surface area contributed by atoms with Crippen molar-refractivity contribution in [3.05, 3.63) is 23.2 Å². The molecule has 1 aromatic rings. The van der Waals surface area contributed by atoms with Gasteiger partial charge in [-0.05, 0) is 49.4 Å². The lowest BCUT2D eigenvalue weighted by molar-refractivity contribution is -0.147. The molecule has 3 N–H and O–H groups in total. The Morgan fingerprint density at radius 1 is 1.31 bits per heavy atom. The van der Waals surface area contributed by atoms with Crippen LogP contribution in [-0.4, -0.2) is 64.5 Å². The number of amides is 2. The Morgan fingerprint density at radius 3 is 2.69 bits per heavy atom. The number of ether oxygens (including phenoxy) is 1. The number of likely N-dealkylation sites (tertiary alicyclic amines) is 1. The highest BCUT2D eigenvalue weighted by Crippen LogP contribution is 2.63. The first-order chi connectivity index (χ1) is 16.6. The molecular formula is C26H39N3O5S. The maximum atomic E-state index is 13.5. The number of nitrogens with zero attached hydrogens (tertiary/aromatic N) is 2. The zero-order valence-corrected chi connectivity index (χ0v) is 21.9. The van der Waals surface area contributed by atoms with Gasteiger partial charge >= 0.3 is 6.09 Å². The number of fused-ring (bicyclic) bond motifs is 2. The lowest BCUT2D eigenvalue weighted by Crippen LogP contribution is -2.57. The Bertz CT molecular complexity index is 959. The number of carbonyl (C=O) groups is 2. The molecule has 2 aliphatic carbocycles. The van der Waals surface area contributed by atoms with E-state index in [1.165, 1.54) is 17.4 Å². The van der Waals surface area contributed by atoms with Gasteiger partial charge in [0.15, 0.2) is 5.13 Å². The Morgan fingerprint density at radius 2 is 2.03 bits per heavy atom. The van der Waals surface area contributed by atoms with Crippen molar-refractivity contribution in [1.82, 2.24) is 9.88 Å². The molecule has 1 aliphatic heterocycles. The summed E-state index contributed by atoms with van der Waals surface area (Å²) in [7, 11) is 0. The summed E-state index contributed by atoms with van der Waals surface area (Å²) in [4.78, 5) is 33.4. The molecule has 2 fully saturated rings. The second-order valence-corrected chi connectivity index (χ2v) is 12.2. The summed E-state index contributed by atoms with van der Waals surface area (Å²) >= 11 is 1.39. The van der Waals surface area contributed by atoms with Gasteiger partial charge in [-0.1, -0.05) is 33.4 Å². The number of carbonyl (C=O) groups excluding carboxylic acids is 2. The number of thiazole rings is 1. The monoisotopic (exact) mass is 505 g/mol. The minimum atomic E-state index is -0.674. The molecule has 9 heteroatoms. The van der Waals surface area contributed by atoms with E-state index in [9.17, 15) is 19.8 Å². The number of rotatable bonds is 6. The Balaban J connectivity index is 1.67. The molecule has 3 aliphatic rings. The van der Waals surface area contributed by atoms with E-state index in [-0.39, 0.29) is 36.4 Å². The molecule has 0 aromatic carbocycles. The molecule has 4 rings (SSSR count). The van der Waals surface area contributed by atoms with Gasteiger partial charge in [0.2, 0.25) is 5.91 Å². The maximum absolute atomic E-state index is 13.5. The predicted octanol–water partition coefficient (Wildman–Crippen LogP) is 3.94. The van der Waals surface area contributed by atoms with Gasteiger partial charge in [0.05, 0.1) is 18.4 Å². The van der Waals surface area contributed by atoms with Crippen molar-refractivity contribution in [1.29, 1.82) is 0 Å². The number of nitrogens with one attached hydrogen (secondary N) is 1. The number of hydrogen-bond acceptors (Lipinski definition) is 7. The van der Waals surface area contributed by atoms with Crippen molar-refractivity contribution in [3.63, 3.8) is 0 Å². The fraction of sp³-hybridized carbons (Fsp3) is 0.731. The first kappa shape index (κ1) is 26.1. The van der Waals surface area contributed by atoms with Crippen molar-refractivity contribution >= 4 is 28.5 Å². The molecule has 0 bridgehead atoms. The van der Waals surface area contributed by atoms with E-state index < -0.39 is 17.6 Å². The van der Waals surface area contributed by atoms with Crippen LogP contribution in [0.1, 0.15) is 69.4 Å². The second kappa shape index (κ2) is 10.2. The minimum absolute atomic E-state index is 0.0172. The molecule has 1 saturated heterocycles. The molecule has 1 aromatic heterocycles. The molecule has 2 amide bonds. The van der Waals surface area contributed by atoms with E-state index in [1.807, 2.05) is 11.8 Å². The summed E-state index contributed by atoms with van der Waals surface area (Å²) in [5.74, 6) is 0.605. The summed E-state index contributed by atoms with van der Waals surface area (Å²) in [5.41, 5.74) is -0.118. The standard InChI is InChI=1S/C26H39N3O5S/c1-5-12-34-24(33)28-23-27-22-17(13-21(32)29-10-7-16(2)8-11-29)25(3)9-6-20(31)26(4,15-30)19(25)14-18(22)35-23/h5,16-17,19-20,30-31H,1,6-15H2,2-4H3,(H,27,28,33). The van der Waals surface area contributed by atoms with Gasteiger partial charge in [0.1, 0.15) is 6.61 Å². The third kappa shape index (κ3) is 4.87. The van der Waals surface area contributed by atoms with Crippen LogP contribution in [0.2, 0.25) is 0 Å². The van der Waals surface area contributed by atoms with Crippen LogP contribution >= 0.6 is 11.3 Å². The molecule has 0 radical (unpaired) electrons. The third-order valence-electron chi connectivity index (χ3n) is 8.95. The van der Waals surface area contributed by atoms with Crippen LogP contribution in [0.15, 0.2) is 12.7 Å². The average Bonchev–Trinajstić information content (AvgIpc) is 3.23. The van der Waals surface area contributed by atoms with E-state index in [4.69, 9.17) is 9.72 Å². The summed E-state index contributed by atoms with van der Waals surface area (Å²) in [6.07, 6.45) is 4.67. The van der Waals surface area contributed by atoms with Gasteiger partial charge in [-0.15, -0.1) is 11.3 Å². The average molecular weight is 506 g/mol. The molecule has 0 spiro atoms. The van der Waals surface area contributed by atoms with Crippen molar-refractivity contribution < 1.29 is 24.5 Å². The summed E-state index contributed by atoms with van der Waals surface area (Å²) in [5, 5.41) is 24.5. The highest BCUT2D eigenvalue weighted by Gasteiger charge is 2.59. The summed E-state index contributed by atoms with van der Waals surface area (Å²) < 4.78 is 5.06. The maximum Gasteiger partial charge on any atom is 0.413 e. The molecule has 5 atom stereocenters. The Kier molecular flexibility index (Phi) is 7.60. The van der Waals surface area contributed by atoms with Crippen LogP contribution in [0.3, 0.4) is 0 Å². The molecular weight excluding hydrogens is 466 g/mol. The molecule has 5 unspecified atom stereocenters. The molecule has 1 saturated carbocycles. The molecule has 2 heterocycles. The van der Waals surface area contributed by atoms with Crippen molar-refractivity contribution in [2.75, 3.05) is 31.6 Å². The topological polar surface area (TPSA) is 112 Å². The van der Waals surface area contributed by atoms with E-state index >= 15 is 0 Å². The van der Waals surface area contributed by atoms with E-state index in [1.54, 1.807) is 0 Å². The number of anilines is 1. The van der Waals surface area contributed by atoms with Crippen LogP contribution in [0.5, 0.6) is 0 Å². The van der Waals surface area contributed by atoms with E-state index in [0.717, 1.165) is 42.9 Å². The zero-order valence-electron chi connectivity index (χ0n) is 21.1. The Labute approximate surface area is 211 Å². The molecule has 194 valence electrons. The fourth-order valence-corrected chi connectivity index (χ4v) is 7.57. The highest BCUT2D eigenvalue weighted by molar-refractivity contribution is 7.15. The van der Waals surface area contributed by atoms with Gasteiger partial charge in [-0.3, -0.25) is 10.1 Å². The number of aliphatic hydroxyl groups is 2. The number of piperidine rings is 1. The molecule has 8 nitrogen and oxygen atoms in total. The summed E-state index contributed by atoms with van der Waals surface area (Å²) in [6.45, 7) is 11.5. The van der Waals surface area contributed by atoms with Gasteiger partial charge < -0.3 is 19.8 Å². The number of aliphatic hydroxyl groups excluding tert-OH is 2. The predicted molar refractivity (Wildman–Crippen MR) is 135 cm³/mol. The zero-order chi connectivity index (χ0) is 25.4. The lowest BCUT2D eigenvalue weighted by Gasteiger charge is -2.58. The van der Waals surface area contributed by atoms with Crippen LogP contribution < -0.4 is 5.32 Å². The van der Waals surface area contributed by atoms with E-state index in [0.29, 0.717) is 30.3 Å². The van der Waals surface area contributed by atoms with Gasteiger partial charge in [-0.25, -0.2) is 9.78 Å². The minimum Gasteiger partial charge on any atom is -0.445 e. The first-order valence-electron chi connectivity index (χ1n) is 12.7. The normalized spacial score (nSPS) is 32.9. The second-order valence-electron chi connectivity index (χ2n) is 11.1. The number of aromatic nitrogens is 1. The van der Waals surface area contributed by atoms with Crippen molar-refractivity contribution in [2.45, 2.75) is 71.3 Å². The van der Waals surface area contributed by atoms with Gasteiger partial charge in [0, 0.05) is 35.7 Å². The first-order valence-corrected chi connectivity index (χ1v) is 13.5. The van der Waals surface area contributed by atoms with Crippen molar-refractivity contribution in [3.8, 4) is 0 Å². The highest BCUT2D eigenvalue weighted by atomic mass is 32.1. The summed E-state index contributed by atoms with van der Waals surface area (Å²) in [6, 6.07) is 0. The molecule has 35 heavy (non-hydrogen) atoms. The van der Waals surface area contributed by atoms with Crippen LogP contribution in [0.25, 0.3) is 0 Å². The smallest absolute Gasteiger partial charge is 0.413 e. The van der Waals surface area contributed by atoms with Crippen LogP contribution in [0.4, 0.5) is 9.93 Å². The fourth-order valence-electron chi connectivity index (χ4n) is 6.52. The van der Waals surface area contributed by atoms with Gasteiger partial charge in [0.25, 0.3) is 0 Å². The lowest BCUT2D eigenvalue weighted by atomic mass is 9.47. The Hall–Kier alpha value is -1.97. The van der Waals surface area contributed by atoms with Crippen LogP contribution in [-0.2, 0) is 16.0 Å². The third-order valence-corrected chi connectivity index (χ3v) is 9.96. The number of hydrogen-bond donors (Lipinski definition) is 3. The largest absolute Gasteiger partial charge is 0.445 e. The quantitative estimate of drug-likeness (QED) is 0.505. The van der Waals surface area contributed by atoms with E-state index in [2.05, 4.69) is 25.7 Å². The SMILES string of the molecule is C=CCOC(=O)Nc1nc2c(s1)CC1C(C)(CO)C(O)CCC1(C)C2CC(=O)N1CCC(C)CC1. The van der Waals surface area contributed by atoms with Gasteiger partial charge in [-0.2, -0.15) is 0 Å².